The second-order valence-corrected chi connectivity index (χ2v) is 11.1. The van der Waals surface area contributed by atoms with Crippen molar-refractivity contribution in [1.82, 2.24) is 9.55 Å². The van der Waals surface area contributed by atoms with Crippen molar-refractivity contribution < 1.29 is 12.6 Å². The number of aromatic nitrogens is 2. The van der Waals surface area contributed by atoms with Gasteiger partial charge in [0.1, 0.15) is 10.7 Å². The van der Waals surface area contributed by atoms with E-state index in [0.29, 0.717) is 17.0 Å². The van der Waals surface area contributed by atoms with Crippen LogP contribution in [0.1, 0.15) is 5.56 Å². The second kappa shape index (κ2) is 9.63. The Morgan fingerprint density at radius 3 is 1.95 bits per heavy atom. The zero-order chi connectivity index (χ0) is 28.0. The topological polar surface area (TPSA) is 85.0 Å². The Kier molecular flexibility index (Phi) is 5.77. The summed E-state index contributed by atoms with van der Waals surface area (Å²) in [7, 11) is -4.19. The van der Waals surface area contributed by atoms with Gasteiger partial charge in [0.25, 0.3) is 0 Å². The Morgan fingerprint density at radius 1 is 0.659 bits per heavy atom. The van der Waals surface area contributed by atoms with Gasteiger partial charge in [0.05, 0.1) is 28.2 Å². The van der Waals surface area contributed by atoms with E-state index in [0.717, 1.165) is 38.3 Å². The third-order valence-corrected chi connectivity index (χ3v) is 8.39. The molecule has 0 spiro atoms. The highest BCUT2D eigenvalue weighted by Crippen LogP contribution is 2.41. The maximum atomic E-state index is 13.3. The molecule has 0 saturated heterocycles. The highest BCUT2D eigenvalue weighted by atomic mass is 32.2. The highest BCUT2D eigenvalue weighted by Gasteiger charge is 2.24. The molecule has 0 fully saturated rings. The first-order valence-electron chi connectivity index (χ1n) is 13.0. The Balaban J connectivity index is 1.52. The molecule has 0 aliphatic carbocycles. The van der Waals surface area contributed by atoms with Crippen LogP contribution in [0.15, 0.2) is 132 Å². The van der Waals surface area contributed by atoms with Crippen LogP contribution in [0, 0.1) is 11.3 Å². The number of imidazole rings is 1. The van der Waals surface area contributed by atoms with Crippen molar-refractivity contribution in [3.63, 3.8) is 0 Å². The summed E-state index contributed by atoms with van der Waals surface area (Å²) in [5, 5.41) is 13.3. The van der Waals surface area contributed by atoms with Crippen molar-refractivity contribution in [2.75, 3.05) is 0 Å². The summed E-state index contributed by atoms with van der Waals surface area (Å²) in [5.41, 5.74) is 3.50. The fourth-order valence-electron chi connectivity index (χ4n) is 5.30. The molecule has 7 rings (SSSR count). The van der Waals surface area contributed by atoms with Crippen LogP contribution in [0.5, 0.6) is 5.75 Å². The molecule has 1 heterocycles. The summed E-state index contributed by atoms with van der Waals surface area (Å²) >= 11 is 0. The summed E-state index contributed by atoms with van der Waals surface area (Å²) in [6.45, 7) is 0. The number of benzene rings is 6. The van der Waals surface area contributed by atoms with E-state index in [1.54, 1.807) is 12.1 Å². The largest absolute Gasteiger partial charge is 0.378 e. The lowest BCUT2D eigenvalue weighted by atomic mass is 10.00. The van der Waals surface area contributed by atoms with Crippen molar-refractivity contribution in [1.29, 1.82) is 5.26 Å². The van der Waals surface area contributed by atoms with Gasteiger partial charge in [-0.2, -0.15) is 13.7 Å². The summed E-state index contributed by atoms with van der Waals surface area (Å²) < 4.78 is 34.5. The Bertz CT molecular complexity index is 2250. The fraction of sp³-hybridized carbons (Fsp3) is 0. The van der Waals surface area contributed by atoms with E-state index in [2.05, 4.69) is 28.8 Å². The number of para-hydroxylation sites is 2. The van der Waals surface area contributed by atoms with Gasteiger partial charge in [0.15, 0.2) is 5.75 Å². The van der Waals surface area contributed by atoms with Gasteiger partial charge in [0, 0.05) is 16.5 Å². The molecule has 0 bridgehead atoms. The van der Waals surface area contributed by atoms with Crippen LogP contribution < -0.4 is 4.18 Å². The van der Waals surface area contributed by atoms with Crippen LogP contribution in [0.2, 0.25) is 0 Å². The minimum Gasteiger partial charge on any atom is -0.378 e. The molecular weight excluding hydrogens is 530 g/mol. The first-order valence-corrected chi connectivity index (χ1v) is 14.4. The van der Waals surface area contributed by atoms with Crippen molar-refractivity contribution >= 4 is 42.7 Å². The lowest BCUT2D eigenvalue weighted by Gasteiger charge is -2.14. The molecule has 41 heavy (non-hydrogen) atoms. The molecule has 0 amide bonds. The summed E-state index contributed by atoms with van der Waals surface area (Å²) in [6.07, 6.45) is 0. The van der Waals surface area contributed by atoms with Gasteiger partial charge in [-0.3, -0.25) is 4.57 Å². The van der Waals surface area contributed by atoms with E-state index >= 15 is 0 Å². The average Bonchev–Trinajstić information content (AvgIpc) is 3.43. The van der Waals surface area contributed by atoms with Gasteiger partial charge in [-0.15, -0.1) is 0 Å². The fourth-order valence-corrected chi connectivity index (χ4v) is 6.25. The first kappa shape index (κ1) is 24.6. The maximum absolute atomic E-state index is 13.3. The van der Waals surface area contributed by atoms with E-state index in [4.69, 9.17) is 14.4 Å². The summed E-state index contributed by atoms with van der Waals surface area (Å²) in [6, 6.07) is 41.0. The SMILES string of the molecule is N#Cc1ccc(S(=O)(=O)Oc2ccccc2-c2nc3c4ccccc4c4ccccc4c3n2-c2ccccc2)cc1. The van der Waals surface area contributed by atoms with Crippen LogP contribution in [0.4, 0.5) is 0 Å². The van der Waals surface area contributed by atoms with E-state index < -0.39 is 10.1 Å². The molecule has 1 aromatic heterocycles. The highest BCUT2D eigenvalue weighted by molar-refractivity contribution is 7.87. The molecule has 7 heteroatoms. The molecule has 6 nitrogen and oxygen atoms in total. The predicted molar refractivity (Wildman–Crippen MR) is 160 cm³/mol. The Labute approximate surface area is 236 Å². The Hall–Kier alpha value is -5.45. The maximum Gasteiger partial charge on any atom is 0.339 e. The minimum absolute atomic E-state index is 0.0418. The molecule has 7 aromatic rings. The smallest absolute Gasteiger partial charge is 0.339 e. The van der Waals surface area contributed by atoms with Crippen LogP contribution in [0.3, 0.4) is 0 Å². The van der Waals surface area contributed by atoms with Crippen molar-refractivity contribution in [3.05, 3.63) is 133 Å². The molecule has 0 aliphatic heterocycles. The van der Waals surface area contributed by atoms with E-state index in [9.17, 15) is 8.42 Å². The molecule has 0 atom stereocenters. The third-order valence-electron chi connectivity index (χ3n) is 7.15. The van der Waals surface area contributed by atoms with Crippen LogP contribution in [-0.2, 0) is 10.1 Å². The van der Waals surface area contributed by atoms with Gasteiger partial charge < -0.3 is 4.18 Å². The number of hydrogen-bond donors (Lipinski definition) is 0. The van der Waals surface area contributed by atoms with Crippen LogP contribution >= 0.6 is 0 Å². The van der Waals surface area contributed by atoms with Crippen molar-refractivity contribution in [2.45, 2.75) is 4.90 Å². The molecule has 0 saturated carbocycles. The van der Waals surface area contributed by atoms with Crippen LogP contribution in [-0.4, -0.2) is 18.0 Å². The van der Waals surface area contributed by atoms with Crippen LogP contribution in [0.25, 0.3) is 49.7 Å². The lowest BCUT2D eigenvalue weighted by Crippen LogP contribution is -2.11. The molecule has 6 aromatic carbocycles. The molecule has 0 N–H and O–H groups in total. The predicted octanol–water partition coefficient (Wildman–Crippen LogP) is 7.64. The molecule has 0 radical (unpaired) electrons. The summed E-state index contributed by atoms with van der Waals surface area (Å²) in [4.78, 5) is 5.13. The zero-order valence-corrected chi connectivity index (χ0v) is 22.4. The van der Waals surface area contributed by atoms with Crippen molar-refractivity contribution in [2.24, 2.45) is 0 Å². The lowest BCUT2D eigenvalue weighted by molar-refractivity contribution is 0.486. The third kappa shape index (κ3) is 4.09. The van der Waals surface area contributed by atoms with Crippen molar-refractivity contribution in [3.8, 4) is 28.9 Å². The Morgan fingerprint density at radius 2 is 1.24 bits per heavy atom. The van der Waals surface area contributed by atoms with Gasteiger partial charge in [-0.05, 0) is 59.3 Å². The van der Waals surface area contributed by atoms with E-state index in [-0.39, 0.29) is 10.6 Å². The number of nitriles is 1. The summed E-state index contributed by atoms with van der Waals surface area (Å²) in [5.74, 6) is 0.705. The molecule has 0 aliphatic rings. The number of hydrogen-bond acceptors (Lipinski definition) is 5. The van der Waals surface area contributed by atoms with E-state index in [1.165, 1.54) is 24.3 Å². The normalized spacial score (nSPS) is 11.6. The standard InChI is InChI=1S/C34H21N3O3S/c35-22-23-18-20-25(21-19-23)41(38,39)40-31-17-9-8-16-30(31)34-36-32-28-14-6-4-12-26(28)27-13-5-7-15-29(27)33(32)37(34)24-10-2-1-3-11-24/h1-21H. The van der Waals surface area contributed by atoms with Gasteiger partial charge in [0.2, 0.25) is 0 Å². The number of rotatable bonds is 5. The van der Waals surface area contributed by atoms with Gasteiger partial charge >= 0.3 is 10.1 Å². The van der Waals surface area contributed by atoms with Gasteiger partial charge in [-0.1, -0.05) is 78.9 Å². The van der Waals surface area contributed by atoms with Gasteiger partial charge in [-0.25, -0.2) is 4.98 Å². The second-order valence-electron chi connectivity index (χ2n) is 9.56. The monoisotopic (exact) mass is 551 g/mol. The number of nitrogens with zero attached hydrogens (tertiary/aromatic N) is 3. The number of fused-ring (bicyclic) bond motifs is 6. The average molecular weight is 552 g/mol. The van der Waals surface area contributed by atoms with E-state index in [1.807, 2.05) is 72.8 Å². The zero-order valence-electron chi connectivity index (χ0n) is 21.6. The minimum atomic E-state index is -4.19. The molecule has 196 valence electrons. The quantitative estimate of drug-likeness (QED) is 0.162. The molecular formula is C34H21N3O3S. The molecule has 0 unspecified atom stereocenters. The first-order chi connectivity index (χ1) is 20.0.